The number of ether oxygens (including phenoxy) is 1. The largest absolute Gasteiger partial charge is 0.486 e. The van der Waals surface area contributed by atoms with Crippen molar-refractivity contribution < 1.29 is 4.74 Å². The van der Waals surface area contributed by atoms with E-state index in [2.05, 4.69) is 25.8 Å². The second-order valence-corrected chi connectivity index (χ2v) is 4.86. The van der Waals surface area contributed by atoms with Gasteiger partial charge in [-0.1, -0.05) is 13.3 Å². The number of hydrogen-bond acceptors (Lipinski definition) is 3. The fourth-order valence-electron chi connectivity index (χ4n) is 1.67. The van der Waals surface area contributed by atoms with Gasteiger partial charge >= 0.3 is 0 Å². The maximum absolute atomic E-state index is 5.90. The van der Waals surface area contributed by atoms with Gasteiger partial charge in [0.25, 0.3) is 0 Å². The maximum atomic E-state index is 5.90. The Bertz CT molecular complexity index is 317. The highest BCUT2D eigenvalue weighted by Crippen LogP contribution is 2.22. The highest BCUT2D eigenvalue weighted by atomic mass is 16.5. The topological polar surface area (TPSA) is 25.4 Å². The molecule has 16 heavy (non-hydrogen) atoms. The van der Waals surface area contributed by atoms with Gasteiger partial charge in [0.2, 0.25) is 0 Å². The van der Waals surface area contributed by atoms with E-state index in [4.69, 9.17) is 4.74 Å². The molecule has 0 aliphatic heterocycles. The molecule has 0 aliphatic carbocycles. The quantitative estimate of drug-likeness (QED) is 0.765. The lowest BCUT2D eigenvalue weighted by Gasteiger charge is -2.26. The van der Waals surface area contributed by atoms with Crippen LogP contribution in [0.4, 0.5) is 5.82 Å². The minimum atomic E-state index is -0.115. The van der Waals surface area contributed by atoms with E-state index in [-0.39, 0.29) is 5.60 Å². The molecule has 0 bridgehead atoms. The molecule has 0 radical (unpaired) electrons. The lowest BCUT2D eigenvalue weighted by atomic mass is 10.0. The van der Waals surface area contributed by atoms with Gasteiger partial charge in [-0.2, -0.15) is 0 Å². The highest BCUT2D eigenvalue weighted by Gasteiger charge is 2.18. The van der Waals surface area contributed by atoms with Gasteiger partial charge in [0.1, 0.15) is 17.2 Å². The summed E-state index contributed by atoms with van der Waals surface area (Å²) in [5, 5.41) is 0. The Labute approximate surface area is 98.4 Å². The van der Waals surface area contributed by atoms with Crippen LogP contribution in [0, 0.1) is 0 Å². The van der Waals surface area contributed by atoms with E-state index in [1.54, 1.807) is 6.20 Å². The summed E-state index contributed by atoms with van der Waals surface area (Å²) in [6.07, 6.45) is 3.95. The third kappa shape index (κ3) is 3.72. The van der Waals surface area contributed by atoms with Crippen LogP contribution in [0.2, 0.25) is 0 Å². The van der Waals surface area contributed by atoms with Gasteiger partial charge in [0.05, 0.1) is 6.20 Å². The van der Waals surface area contributed by atoms with Crippen molar-refractivity contribution in [2.45, 2.75) is 39.2 Å². The average molecular weight is 222 g/mol. The zero-order valence-electron chi connectivity index (χ0n) is 10.9. The van der Waals surface area contributed by atoms with Crippen molar-refractivity contribution in [2.75, 3.05) is 19.0 Å². The van der Waals surface area contributed by atoms with Gasteiger partial charge in [0, 0.05) is 14.1 Å². The van der Waals surface area contributed by atoms with Crippen molar-refractivity contribution in [3.63, 3.8) is 0 Å². The van der Waals surface area contributed by atoms with Gasteiger partial charge < -0.3 is 9.64 Å². The molecule has 0 spiro atoms. The summed E-state index contributed by atoms with van der Waals surface area (Å²) in [6, 6.07) is 3.94. The van der Waals surface area contributed by atoms with Crippen molar-refractivity contribution in [3.8, 4) is 5.75 Å². The van der Waals surface area contributed by atoms with Crippen LogP contribution in [0.15, 0.2) is 18.3 Å². The number of pyridine rings is 1. The van der Waals surface area contributed by atoms with E-state index >= 15 is 0 Å². The van der Waals surface area contributed by atoms with E-state index in [0.717, 1.165) is 24.4 Å². The highest BCUT2D eigenvalue weighted by molar-refractivity contribution is 5.38. The Morgan fingerprint density at radius 2 is 2.00 bits per heavy atom. The summed E-state index contributed by atoms with van der Waals surface area (Å²) in [7, 11) is 3.95. The van der Waals surface area contributed by atoms with E-state index < -0.39 is 0 Å². The van der Waals surface area contributed by atoms with Crippen LogP contribution in [0.25, 0.3) is 0 Å². The molecule has 0 unspecified atom stereocenters. The second-order valence-electron chi connectivity index (χ2n) is 4.86. The Balaban J connectivity index is 2.68. The molecule has 0 aliphatic rings. The third-order valence-electron chi connectivity index (χ3n) is 2.43. The van der Waals surface area contributed by atoms with Crippen molar-refractivity contribution >= 4 is 5.82 Å². The molecule has 1 aromatic heterocycles. The molecule has 0 fully saturated rings. The first-order valence-electron chi connectivity index (χ1n) is 5.77. The lowest BCUT2D eigenvalue weighted by molar-refractivity contribution is 0.0981. The molecule has 0 atom stereocenters. The maximum Gasteiger partial charge on any atom is 0.138 e. The smallest absolute Gasteiger partial charge is 0.138 e. The Kier molecular flexibility index (Phi) is 4.16. The molecule has 1 rings (SSSR count). The van der Waals surface area contributed by atoms with Crippen LogP contribution in [0.5, 0.6) is 5.75 Å². The summed E-state index contributed by atoms with van der Waals surface area (Å²) in [4.78, 5) is 6.30. The molecule has 1 heterocycles. The normalized spacial score (nSPS) is 11.3. The number of hydrogen-bond donors (Lipinski definition) is 0. The molecular formula is C13H22N2O. The summed E-state index contributed by atoms with van der Waals surface area (Å²) in [5.74, 6) is 1.78. The Morgan fingerprint density at radius 1 is 1.31 bits per heavy atom. The molecule has 0 saturated carbocycles. The molecule has 90 valence electrons. The van der Waals surface area contributed by atoms with E-state index in [1.807, 2.05) is 31.1 Å². The standard InChI is InChI=1S/C13H22N2O/c1-6-9-13(2,3)16-11-7-8-12(14-10-11)15(4)5/h7-8,10H,6,9H2,1-5H3. The Hall–Kier alpha value is -1.25. The molecule has 0 amide bonds. The fraction of sp³-hybridized carbons (Fsp3) is 0.615. The first kappa shape index (κ1) is 12.8. The SMILES string of the molecule is CCCC(C)(C)Oc1ccc(N(C)C)nc1. The summed E-state index contributed by atoms with van der Waals surface area (Å²) in [6.45, 7) is 6.38. The molecule has 0 N–H and O–H groups in total. The van der Waals surface area contributed by atoms with Crippen molar-refractivity contribution in [3.05, 3.63) is 18.3 Å². The van der Waals surface area contributed by atoms with Gasteiger partial charge in [-0.15, -0.1) is 0 Å². The Morgan fingerprint density at radius 3 is 2.44 bits per heavy atom. The third-order valence-corrected chi connectivity index (χ3v) is 2.43. The average Bonchev–Trinajstić information content (AvgIpc) is 2.17. The predicted octanol–water partition coefficient (Wildman–Crippen LogP) is 3.11. The van der Waals surface area contributed by atoms with Crippen LogP contribution in [-0.2, 0) is 0 Å². The fourth-order valence-corrected chi connectivity index (χ4v) is 1.67. The van der Waals surface area contributed by atoms with Crippen LogP contribution >= 0.6 is 0 Å². The second kappa shape index (κ2) is 5.19. The zero-order chi connectivity index (χ0) is 12.2. The van der Waals surface area contributed by atoms with Crippen LogP contribution in [0.1, 0.15) is 33.6 Å². The molecule has 3 heteroatoms. The van der Waals surface area contributed by atoms with E-state index in [0.29, 0.717) is 0 Å². The monoisotopic (exact) mass is 222 g/mol. The minimum absolute atomic E-state index is 0.115. The van der Waals surface area contributed by atoms with Crippen molar-refractivity contribution in [1.82, 2.24) is 4.98 Å². The number of anilines is 1. The van der Waals surface area contributed by atoms with Crippen LogP contribution in [0.3, 0.4) is 0 Å². The molecule has 0 aromatic carbocycles. The molecule has 3 nitrogen and oxygen atoms in total. The number of nitrogens with zero attached hydrogens (tertiary/aromatic N) is 2. The summed E-state index contributed by atoms with van der Waals surface area (Å²) in [5.41, 5.74) is -0.115. The predicted molar refractivity (Wildman–Crippen MR) is 68.2 cm³/mol. The van der Waals surface area contributed by atoms with Crippen molar-refractivity contribution in [1.29, 1.82) is 0 Å². The minimum Gasteiger partial charge on any atom is -0.486 e. The molecule has 1 aromatic rings. The van der Waals surface area contributed by atoms with Crippen molar-refractivity contribution in [2.24, 2.45) is 0 Å². The van der Waals surface area contributed by atoms with E-state index in [9.17, 15) is 0 Å². The first-order chi connectivity index (χ1) is 7.44. The summed E-state index contributed by atoms with van der Waals surface area (Å²) < 4.78 is 5.90. The van der Waals surface area contributed by atoms with E-state index in [1.165, 1.54) is 0 Å². The zero-order valence-corrected chi connectivity index (χ0v) is 10.9. The van der Waals surface area contributed by atoms with Gasteiger partial charge in [-0.05, 0) is 32.4 Å². The number of rotatable bonds is 5. The summed E-state index contributed by atoms with van der Waals surface area (Å²) >= 11 is 0. The van der Waals surface area contributed by atoms with Gasteiger partial charge in [-0.25, -0.2) is 4.98 Å². The van der Waals surface area contributed by atoms with Gasteiger partial charge in [-0.3, -0.25) is 0 Å². The van der Waals surface area contributed by atoms with Crippen LogP contribution in [-0.4, -0.2) is 24.7 Å². The number of aromatic nitrogens is 1. The first-order valence-corrected chi connectivity index (χ1v) is 5.77. The lowest BCUT2D eigenvalue weighted by Crippen LogP contribution is -2.27. The molecule has 0 saturated heterocycles. The molecular weight excluding hydrogens is 200 g/mol. The van der Waals surface area contributed by atoms with Crippen LogP contribution < -0.4 is 9.64 Å². The van der Waals surface area contributed by atoms with Gasteiger partial charge in [0.15, 0.2) is 0 Å².